The van der Waals surface area contributed by atoms with Gasteiger partial charge in [0.2, 0.25) is 5.91 Å². The minimum absolute atomic E-state index is 0.00721. The number of unbranched alkanes of at least 4 members (excludes halogenated alkanes) is 1. The summed E-state index contributed by atoms with van der Waals surface area (Å²) in [4.78, 5) is 34.9. The summed E-state index contributed by atoms with van der Waals surface area (Å²) in [7, 11) is 1.36. The topological polar surface area (TPSA) is 63.7 Å². The minimum atomic E-state index is -0.328. The molecule has 1 fully saturated rings. The lowest BCUT2D eigenvalue weighted by Crippen LogP contribution is -2.44. The van der Waals surface area contributed by atoms with E-state index in [1.807, 2.05) is 0 Å². The number of ether oxygens (including phenoxy) is 1. The van der Waals surface area contributed by atoms with Crippen LogP contribution in [0.3, 0.4) is 0 Å². The molecule has 0 radical (unpaired) electrons. The molecule has 1 aliphatic heterocycles. The van der Waals surface area contributed by atoms with Crippen LogP contribution in [0.5, 0.6) is 0 Å². The average molecular weight is 265 g/mol. The molecule has 1 unspecified atom stereocenters. The third-order valence-electron chi connectivity index (χ3n) is 3.05. The van der Waals surface area contributed by atoms with E-state index in [0.717, 1.165) is 19.1 Å². The number of rotatable bonds is 5. The van der Waals surface area contributed by atoms with Crippen molar-refractivity contribution in [3.05, 3.63) is 0 Å². The van der Waals surface area contributed by atoms with E-state index in [1.54, 1.807) is 0 Å². The van der Waals surface area contributed by atoms with Crippen molar-refractivity contribution in [1.82, 2.24) is 4.90 Å². The summed E-state index contributed by atoms with van der Waals surface area (Å²) in [5.74, 6) is 5.55. The molecule has 5 nitrogen and oxygen atoms in total. The molecule has 1 atom stereocenters. The number of carbonyl (C=O) groups excluding carboxylic acids is 3. The number of methoxy groups -OCH3 is 1. The van der Waals surface area contributed by atoms with Gasteiger partial charge >= 0.3 is 5.97 Å². The van der Waals surface area contributed by atoms with Crippen molar-refractivity contribution in [3.8, 4) is 11.8 Å². The molecule has 0 aliphatic carbocycles. The number of hydrogen-bond donors (Lipinski definition) is 0. The zero-order valence-corrected chi connectivity index (χ0v) is 11.2. The van der Waals surface area contributed by atoms with Gasteiger partial charge in [-0.15, -0.1) is 5.92 Å². The molecule has 19 heavy (non-hydrogen) atoms. The Labute approximate surface area is 113 Å². The molecule has 5 heteroatoms. The smallest absolute Gasteiger partial charge is 0.305 e. The fourth-order valence-electron chi connectivity index (χ4n) is 1.95. The van der Waals surface area contributed by atoms with Gasteiger partial charge in [0.1, 0.15) is 6.29 Å². The first-order chi connectivity index (χ1) is 9.19. The number of carbonyl (C=O) groups is 3. The van der Waals surface area contributed by atoms with Crippen LogP contribution in [0.4, 0.5) is 0 Å². The van der Waals surface area contributed by atoms with E-state index in [-0.39, 0.29) is 17.9 Å². The molecule has 1 aliphatic rings. The first-order valence-electron chi connectivity index (χ1n) is 6.46. The summed E-state index contributed by atoms with van der Waals surface area (Å²) in [6.07, 6.45) is 4.38. The Bertz CT molecular complexity index is 394. The Morgan fingerprint density at radius 2 is 2.32 bits per heavy atom. The molecule has 0 aromatic heterocycles. The Morgan fingerprint density at radius 3 is 3.00 bits per heavy atom. The SMILES string of the molecule is COC(=O)CCCC#CCN1C(=O)CCCC1C=O. The Balaban J connectivity index is 2.32. The van der Waals surface area contributed by atoms with Crippen LogP contribution in [-0.4, -0.2) is 42.8 Å². The third kappa shape index (κ3) is 5.12. The van der Waals surface area contributed by atoms with E-state index in [4.69, 9.17) is 0 Å². The van der Waals surface area contributed by atoms with Crippen molar-refractivity contribution in [1.29, 1.82) is 0 Å². The fourth-order valence-corrected chi connectivity index (χ4v) is 1.95. The van der Waals surface area contributed by atoms with Crippen molar-refractivity contribution in [2.75, 3.05) is 13.7 Å². The monoisotopic (exact) mass is 265 g/mol. The minimum Gasteiger partial charge on any atom is -0.469 e. The van der Waals surface area contributed by atoms with Crippen molar-refractivity contribution in [3.63, 3.8) is 0 Å². The van der Waals surface area contributed by atoms with Crippen molar-refractivity contribution < 1.29 is 19.1 Å². The van der Waals surface area contributed by atoms with Gasteiger partial charge in [-0.1, -0.05) is 5.92 Å². The van der Waals surface area contributed by atoms with Crippen molar-refractivity contribution >= 4 is 18.2 Å². The molecule has 1 rings (SSSR count). The van der Waals surface area contributed by atoms with Gasteiger partial charge in [-0.25, -0.2) is 0 Å². The number of hydrogen-bond acceptors (Lipinski definition) is 4. The van der Waals surface area contributed by atoms with Gasteiger partial charge in [0.25, 0.3) is 0 Å². The highest BCUT2D eigenvalue weighted by molar-refractivity contribution is 5.81. The quantitative estimate of drug-likeness (QED) is 0.321. The van der Waals surface area contributed by atoms with E-state index in [2.05, 4.69) is 16.6 Å². The van der Waals surface area contributed by atoms with Gasteiger partial charge in [0.05, 0.1) is 19.7 Å². The number of esters is 1. The summed E-state index contributed by atoms with van der Waals surface area (Å²) >= 11 is 0. The number of nitrogens with zero attached hydrogens (tertiary/aromatic N) is 1. The van der Waals surface area contributed by atoms with Crippen molar-refractivity contribution in [2.24, 2.45) is 0 Å². The summed E-state index contributed by atoms with van der Waals surface area (Å²) in [5.41, 5.74) is 0. The molecule has 0 aromatic carbocycles. The molecular weight excluding hydrogens is 246 g/mol. The van der Waals surface area contributed by atoms with Crippen LogP contribution in [-0.2, 0) is 19.1 Å². The summed E-state index contributed by atoms with van der Waals surface area (Å²) < 4.78 is 4.52. The Kier molecular flexibility index (Phi) is 6.65. The molecule has 0 saturated carbocycles. The van der Waals surface area contributed by atoms with E-state index in [9.17, 15) is 14.4 Å². The summed E-state index contributed by atoms with van der Waals surface area (Å²) in [6.45, 7) is 0.292. The molecule has 0 N–H and O–H groups in total. The second-order valence-corrected chi connectivity index (χ2v) is 4.40. The lowest BCUT2D eigenvalue weighted by atomic mass is 10.0. The largest absolute Gasteiger partial charge is 0.469 e. The van der Waals surface area contributed by atoms with Gasteiger partial charge in [-0.3, -0.25) is 9.59 Å². The molecule has 0 aromatic rings. The molecule has 104 valence electrons. The van der Waals surface area contributed by atoms with E-state index >= 15 is 0 Å². The number of aldehydes is 1. The molecule has 0 bridgehead atoms. The van der Waals surface area contributed by atoms with Gasteiger partial charge < -0.3 is 14.4 Å². The highest BCUT2D eigenvalue weighted by atomic mass is 16.5. The second-order valence-electron chi connectivity index (χ2n) is 4.40. The summed E-state index contributed by atoms with van der Waals surface area (Å²) in [5, 5.41) is 0. The molecule has 1 saturated heterocycles. The van der Waals surface area contributed by atoms with E-state index in [1.165, 1.54) is 12.0 Å². The first-order valence-corrected chi connectivity index (χ1v) is 6.46. The number of likely N-dealkylation sites (tertiary alicyclic amines) is 1. The predicted molar refractivity (Wildman–Crippen MR) is 69.1 cm³/mol. The number of piperidine rings is 1. The first kappa shape index (κ1) is 15.2. The maximum absolute atomic E-state index is 11.6. The maximum Gasteiger partial charge on any atom is 0.305 e. The zero-order chi connectivity index (χ0) is 14.1. The van der Waals surface area contributed by atoms with Crippen molar-refractivity contribution in [2.45, 2.75) is 44.6 Å². The molecule has 1 amide bonds. The maximum atomic E-state index is 11.6. The van der Waals surface area contributed by atoms with Gasteiger partial charge in [0.15, 0.2) is 0 Å². The van der Waals surface area contributed by atoms with Gasteiger partial charge in [-0.05, 0) is 19.3 Å². The van der Waals surface area contributed by atoms with Crippen LogP contribution in [0.25, 0.3) is 0 Å². The van der Waals surface area contributed by atoms with E-state index in [0.29, 0.717) is 32.2 Å². The van der Waals surface area contributed by atoms with Crippen LogP contribution in [0.15, 0.2) is 0 Å². The third-order valence-corrected chi connectivity index (χ3v) is 3.05. The highest BCUT2D eigenvalue weighted by Crippen LogP contribution is 2.15. The Morgan fingerprint density at radius 1 is 1.53 bits per heavy atom. The normalized spacial score (nSPS) is 18.5. The Hall–Kier alpha value is -1.83. The fraction of sp³-hybridized carbons (Fsp3) is 0.643. The van der Waals surface area contributed by atoms with Crippen LogP contribution >= 0.6 is 0 Å². The number of amides is 1. The standard InChI is InChI=1S/C14H19NO4/c1-19-14(18)9-4-2-3-5-10-15-12(11-16)7-6-8-13(15)17/h11-12H,2,4,6-10H2,1H3. The lowest BCUT2D eigenvalue weighted by molar-refractivity contribution is -0.140. The average Bonchev–Trinajstić information content (AvgIpc) is 2.43. The van der Waals surface area contributed by atoms with Gasteiger partial charge in [0, 0.05) is 19.3 Å². The van der Waals surface area contributed by atoms with Crippen LogP contribution in [0.1, 0.15) is 38.5 Å². The van der Waals surface area contributed by atoms with Crippen LogP contribution < -0.4 is 0 Å². The second kappa shape index (κ2) is 8.30. The van der Waals surface area contributed by atoms with Crippen LogP contribution in [0.2, 0.25) is 0 Å². The highest BCUT2D eigenvalue weighted by Gasteiger charge is 2.26. The zero-order valence-electron chi connectivity index (χ0n) is 11.2. The van der Waals surface area contributed by atoms with Crippen LogP contribution in [0, 0.1) is 11.8 Å². The summed E-state index contributed by atoms with van der Waals surface area (Å²) in [6, 6.07) is -0.328. The van der Waals surface area contributed by atoms with Gasteiger partial charge in [-0.2, -0.15) is 0 Å². The van der Waals surface area contributed by atoms with E-state index < -0.39 is 0 Å². The lowest BCUT2D eigenvalue weighted by Gasteiger charge is -2.30. The molecule has 0 spiro atoms. The predicted octanol–water partition coefficient (Wildman–Crippen LogP) is 0.913. The molecular formula is C14H19NO4. The molecule has 1 heterocycles.